The first-order valence-electron chi connectivity index (χ1n) is 7.99. The molecular weight excluding hydrogens is 290 g/mol. The number of H-pyrrole nitrogens is 1. The van der Waals surface area contributed by atoms with Gasteiger partial charge in [0.15, 0.2) is 11.4 Å². The van der Waals surface area contributed by atoms with Gasteiger partial charge in [-0.2, -0.15) is 4.52 Å². The zero-order chi connectivity index (χ0) is 15.6. The summed E-state index contributed by atoms with van der Waals surface area (Å²) >= 11 is 0. The lowest BCUT2D eigenvalue weighted by molar-refractivity contribution is 0.0994. The van der Waals surface area contributed by atoms with Crippen molar-refractivity contribution in [3.05, 3.63) is 57.6 Å². The standard InChI is InChI=1S/C18H15N3O2/c22-15-8-6-12-11(2-1-3-13(12)15)14-7-9-16(23)21-18(14)19-17(20-21)10-4-5-10/h1-3,7,9-10H,4-6,8H2,(H,19,20). The van der Waals surface area contributed by atoms with Crippen molar-refractivity contribution in [3.8, 4) is 11.1 Å². The van der Waals surface area contributed by atoms with Gasteiger partial charge in [-0.25, -0.2) is 4.98 Å². The third kappa shape index (κ3) is 1.82. The Morgan fingerprint density at radius 3 is 2.65 bits per heavy atom. The maximum absolute atomic E-state index is 12.1. The van der Waals surface area contributed by atoms with Crippen molar-refractivity contribution in [1.82, 2.24) is 14.6 Å². The van der Waals surface area contributed by atoms with Gasteiger partial charge in [0, 0.05) is 29.5 Å². The van der Waals surface area contributed by atoms with Crippen LogP contribution in [0.25, 0.3) is 16.8 Å². The highest BCUT2D eigenvalue weighted by atomic mass is 16.1. The molecule has 5 rings (SSSR count). The molecule has 1 N–H and O–H groups in total. The second-order valence-corrected chi connectivity index (χ2v) is 6.38. The van der Waals surface area contributed by atoms with Crippen LogP contribution in [0, 0.1) is 0 Å². The van der Waals surface area contributed by atoms with Gasteiger partial charge in [-0.15, -0.1) is 0 Å². The Kier molecular flexibility index (Phi) is 2.46. The molecule has 3 aromatic rings. The van der Waals surface area contributed by atoms with E-state index in [0.717, 1.165) is 47.3 Å². The molecule has 0 atom stereocenters. The van der Waals surface area contributed by atoms with Gasteiger partial charge in [0.05, 0.1) is 0 Å². The summed E-state index contributed by atoms with van der Waals surface area (Å²) in [5, 5.41) is 3.14. The van der Waals surface area contributed by atoms with Crippen LogP contribution < -0.4 is 5.56 Å². The number of nitrogens with zero attached hydrogens (tertiary/aromatic N) is 2. The zero-order valence-electron chi connectivity index (χ0n) is 12.5. The van der Waals surface area contributed by atoms with E-state index in [1.54, 1.807) is 6.07 Å². The van der Waals surface area contributed by atoms with Crippen molar-refractivity contribution in [2.45, 2.75) is 31.6 Å². The highest BCUT2D eigenvalue weighted by molar-refractivity contribution is 6.03. The number of carbonyl (C=O) groups is 1. The lowest BCUT2D eigenvalue weighted by Crippen LogP contribution is -2.13. The lowest BCUT2D eigenvalue weighted by atomic mass is 9.97. The minimum atomic E-state index is -0.105. The number of hydrogen-bond donors (Lipinski definition) is 1. The van der Waals surface area contributed by atoms with E-state index < -0.39 is 0 Å². The van der Waals surface area contributed by atoms with Crippen LogP contribution in [0.2, 0.25) is 0 Å². The smallest absolute Gasteiger partial charge is 0.271 e. The van der Waals surface area contributed by atoms with Gasteiger partial charge in [-0.1, -0.05) is 18.2 Å². The molecule has 1 fully saturated rings. The molecular formula is C18H15N3O2. The van der Waals surface area contributed by atoms with Gasteiger partial charge >= 0.3 is 0 Å². The third-order valence-corrected chi connectivity index (χ3v) is 4.85. The second kappa shape index (κ2) is 4.41. The normalized spacial score (nSPS) is 17.0. The fraction of sp³-hybridized carbons (Fsp3) is 0.278. The predicted molar refractivity (Wildman–Crippen MR) is 85.9 cm³/mol. The number of nitrogens with one attached hydrogen (secondary N) is 1. The van der Waals surface area contributed by atoms with E-state index >= 15 is 0 Å². The molecule has 5 heteroatoms. The quantitative estimate of drug-likeness (QED) is 0.791. The second-order valence-electron chi connectivity index (χ2n) is 6.38. The number of benzene rings is 1. The average Bonchev–Trinajstić information content (AvgIpc) is 3.20. The van der Waals surface area contributed by atoms with Gasteiger partial charge in [0.1, 0.15) is 5.82 Å². The average molecular weight is 305 g/mol. The molecule has 2 aliphatic carbocycles. The molecule has 0 radical (unpaired) electrons. The number of fused-ring (bicyclic) bond motifs is 2. The van der Waals surface area contributed by atoms with Crippen molar-refractivity contribution in [2.75, 3.05) is 0 Å². The van der Waals surface area contributed by atoms with Gasteiger partial charge in [-0.05, 0) is 36.5 Å². The Morgan fingerprint density at radius 1 is 1.00 bits per heavy atom. The van der Waals surface area contributed by atoms with Crippen LogP contribution >= 0.6 is 0 Å². The summed E-state index contributed by atoms with van der Waals surface area (Å²) in [4.78, 5) is 28.8. The van der Waals surface area contributed by atoms with E-state index in [1.807, 2.05) is 24.3 Å². The number of carbonyl (C=O) groups excluding carboxylic acids is 1. The molecule has 0 bridgehead atoms. The number of Topliss-reactive ketones (excluding diaryl/α,β-unsaturated/α-hetero) is 1. The van der Waals surface area contributed by atoms with E-state index in [0.29, 0.717) is 18.0 Å². The first-order valence-corrected chi connectivity index (χ1v) is 7.99. The molecule has 2 aromatic heterocycles. The van der Waals surface area contributed by atoms with Crippen LogP contribution in [0.3, 0.4) is 0 Å². The number of ketones is 1. The van der Waals surface area contributed by atoms with E-state index in [1.165, 1.54) is 4.52 Å². The van der Waals surface area contributed by atoms with Crippen molar-refractivity contribution in [1.29, 1.82) is 0 Å². The fourth-order valence-electron chi connectivity index (χ4n) is 3.49. The molecule has 0 saturated heterocycles. The number of hydrogen-bond acceptors (Lipinski definition) is 3. The molecule has 2 heterocycles. The topological polar surface area (TPSA) is 67.2 Å². The Morgan fingerprint density at radius 2 is 1.83 bits per heavy atom. The molecule has 0 spiro atoms. The van der Waals surface area contributed by atoms with Gasteiger partial charge in [0.2, 0.25) is 0 Å². The minimum Gasteiger partial charge on any atom is -0.294 e. The van der Waals surface area contributed by atoms with Crippen molar-refractivity contribution in [3.63, 3.8) is 0 Å². The lowest BCUT2D eigenvalue weighted by Gasteiger charge is -2.08. The first kappa shape index (κ1) is 12.8. The highest BCUT2D eigenvalue weighted by Gasteiger charge is 2.28. The minimum absolute atomic E-state index is 0.105. The molecule has 0 unspecified atom stereocenters. The molecule has 0 aliphatic heterocycles. The Bertz CT molecular complexity index is 1020. The third-order valence-electron chi connectivity index (χ3n) is 4.85. The fourth-order valence-corrected chi connectivity index (χ4v) is 3.49. The molecule has 5 nitrogen and oxygen atoms in total. The monoisotopic (exact) mass is 305 g/mol. The molecule has 2 aliphatic rings. The van der Waals surface area contributed by atoms with Crippen molar-refractivity contribution >= 4 is 11.4 Å². The van der Waals surface area contributed by atoms with Crippen molar-refractivity contribution in [2.24, 2.45) is 0 Å². The summed E-state index contributed by atoms with van der Waals surface area (Å²) in [5.74, 6) is 1.54. The van der Waals surface area contributed by atoms with E-state index in [2.05, 4.69) is 10.1 Å². The van der Waals surface area contributed by atoms with E-state index in [9.17, 15) is 9.59 Å². The van der Waals surface area contributed by atoms with Gasteiger partial charge < -0.3 is 0 Å². The van der Waals surface area contributed by atoms with Crippen LogP contribution in [-0.2, 0) is 6.42 Å². The summed E-state index contributed by atoms with van der Waals surface area (Å²) in [6, 6.07) is 9.21. The number of aromatic nitrogens is 3. The van der Waals surface area contributed by atoms with E-state index in [-0.39, 0.29) is 11.3 Å². The van der Waals surface area contributed by atoms with Crippen LogP contribution in [0.4, 0.5) is 0 Å². The summed E-state index contributed by atoms with van der Waals surface area (Å²) in [6.07, 6.45) is 3.57. The summed E-state index contributed by atoms with van der Waals surface area (Å²) < 4.78 is 1.53. The van der Waals surface area contributed by atoms with Gasteiger partial charge in [-0.3, -0.25) is 14.7 Å². The summed E-state index contributed by atoms with van der Waals surface area (Å²) in [6.45, 7) is 0. The molecule has 1 saturated carbocycles. The van der Waals surface area contributed by atoms with Crippen LogP contribution in [-0.4, -0.2) is 20.4 Å². The van der Waals surface area contributed by atoms with Gasteiger partial charge in [0.25, 0.3) is 5.56 Å². The Hall–Kier alpha value is -2.69. The van der Waals surface area contributed by atoms with Crippen LogP contribution in [0.15, 0.2) is 35.1 Å². The maximum atomic E-state index is 12.1. The van der Waals surface area contributed by atoms with Crippen molar-refractivity contribution < 1.29 is 4.79 Å². The van der Waals surface area contributed by atoms with Crippen LogP contribution in [0.5, 0.6) is 0 Å². The summed E-state index contributed by atoms with van der Waals surface area (Å²) in [5.41, 5.74) is 4.37. The van der Waals surface area contributed by atoms with Crippen LogP contribution in [0.1, 0.15) is 46.9 Å². The first-order chi connectivity index (χ1) is 11.2. The Balaban J connectivity index is 1.80. The van der Waals surface area contributed by atoms with E-state index in [4.69, 9.17) is 0 Å². The number of rotatable bonds is 2. The SMILES string of the molecule is O=C1CCc2c1cccc2-c1ccc(=O)n2[nH]c(C3CC3)nc12. The molecule has 0 amide bonds. The molecule has 1 aromatic carbocycles. The Labute approximate surface area is 132 Å². The zero-order valence-corrected chi connectivity index (χ0v) is 12.5. The predicted octanol–water partition coefficient (Wildman–Crippen LogP) is 2.70. The maximum Gasteiger partial charge on any atom is 0.271 e. The largest absolute Gasteiger partial charge is 0.294 e. The molecule has 23 heavy (non-hydrogen) atoms. The number of aromatic amines is 1. The summed E-state index contributed by atoms with van der Waals surface area (Å²) in [7, 11) is 0. The molecule has 114 valence electrons. The number of pyridine rings is 1. The highest BCUT2D eigenvalue weighted by Crippen LogP contribution is 2.39.